The lowest BCUT2D eigenvalue weighted by Crippen LogP contribution is -2.48. The maximum absolute atomic E-state index is 5.98. The maximum atomic E-state index is 5.98. The van der Waals surface area contributed by atoms with E-state index in [1.54, 1.807) is 0 Å². The Kier molecular flexibility index (Phi) is 6.37. The van der Waals surface area contributed by atoms with Gasteiger partial charge in [0.1, 0.15) is 0 Å². The van der Waals surface area contributed by atoms with Gasteiger partial charge < -0.3 is 10.6 Å². The fraction of sp³-hybridized carbons (Fsp3) is 0.350. The first-order valence-electron chi connectivity index (χ1n) is 8.64. The molecular formula is C20H22BrClN2S. The maximum Gasteiger partial charge on any atom is 0.171 e. The Morgan fingerprint density at radius 3 is 2.32 bits per heavy atom. The summed E-state index contributed by atoms with van der Waals surface area (Å²) < 4.78 is 1.06. The molecule has 0 atom stereocenters. The molecular weight excluding hydrogens is 416 g/mol. The first-order valence-corrected chi connectivity index (χ1v) is 10.2. The van der Waals surface area contributed by atoms with Crippen molar-refractivity contribution in [3.8, 4) is 0 Å². The molecule has 2 aromatic rings. The van der Waals surface area contributed by atoms with E-state index in [2.05, 4.69) is 38.7 Å². The molecule has 2 N–H and O–H groups in total. The predicted molar refractivity (Wildman–Crippen MR) is 114 cm³/mol. The van der Waals surface area contributed by atoms with Crippen molar-refractivity contribution in [2.75, 3.05) is 5.32 Å². The van der Waals surface area contributed by atoms with Gasteiger partial charge in [0.05, 0.1) is 0 Å². The second kappa shape index (κ2) is 8.52. The highest BCUT2D eigenvalue weighted by atomic mass is 79.9. The van der Waals surface area contributed by atoms with Crippen LogP contribution in [0.2, 0.25) is 5.02 Å². The number of halogens is 2. The Morgan fingerprint density at radius 1 is 1.04 bits per heavy atom. The minimum Gasteiger partial charge on any atom is -0.357 e. The molecule has 1 aliphatic rings. The van der Waals surface area contributed by atoms with Crippen LogP contribution >= 0.6 is 39.7 Å². The second-order valence-electron chi connectivity index (χ2n) is 6.70. The third-order valence-corrected chi connectivity index (χ3v) is 5.83. The average molecular weight is 438 g/mol. The lowest BCUT2D eigenvalue weighted by atomic mass is 9.89. The molecule has 0 amide bonds. The first-order chi connectivity index (χ1) is 12.0. The van der Waals surface area contributed by atoms with E-state index in [-0.39, 0.29) is 5.54 Å². The van der Waals surface area contributed by atoms with E-state index in [0.717, 1.165) is 28.0 Å². The van der Waals surface area contributed by atoms with Crippen LogP contribution < -0.4 is 10.6 Å². The minimum absolute atomic E-state index is 0.0963. The zero-order valence-electron chi connectivity index (χ0n) is 14.0. The van der Waals surface area contributed by atoms with E-state index < -0.39 is 0 Å². The molecule has 1 saturated carbocycles. The van der Waals surface area contributed by atoms with Crippen molar-refractivity contribution in [1.82, 2.24) is 5.32 Å². The molecule has 3 rings (SSSR count). The summed E-state index contributed by atoms with van der Waals surface area (Å²) in [6, 6.07) is 16.2. The monoisotopic (exact) mass is 436 g/mol. The molecule has 0 heterocycles. The van der Waals surface area contributed by atoms with Gasteiger partial charge in [0.2, 0.25) is 0 Å². The molecule has 0 bridgehead atoms. The molecule has 0 saturated heterocycles. The normalized spacial score (nSPS) is 15.8. The topological polar surface area (TPSA) is 24.1 Å². The van der Waals surface area contributed by atoms with Crippen molar-refractivity contribution < 1.29 is 0 Å². The standard InChI is InChI=1S/C20H22BrClN2S/c21-16-5-9-18(10-6-16)23-19(25)24-20(12-1-2-13-20)14-11-15-3-7-17(22)8-4-15/h3-10H,1-2,11-14H2,(H2,23,24,25). The van der Waals surface area contributed by atoms with Crippen molar-refractivity contribution in [3.63, 3.8) is 0 Å². The molecule has 0 aliphatic heterocycles. The number of thiocarbonyl (C=S) groups is 1. The Bertz CT molecular complexity index is 709. The summed E-state index contributed by atoms with van der Waals surface area (Å²) in [5.74, 6) is 0. The largest absolute Gasteiger partial charge is 0.357 e. The number of hydrogen-bond acceptors (Lipinski definition) is 1. The van der Waals surface area contributed by atoms with Gasteiger partial charge in [-0.05, 0) is 79.9 Å². The van der Waals surface area contributed by atoms with Crippen LogP contribution in [0.1, 0.15) is 37.7 Å². The molecule has 132 valence electrons. The van der Waals surface area contributed by atoms with Gasteiger partial charge in [-0.15, -0.1) is 0 Å². The van der Waals surface area contributed by atoms with Crippen molar-refractivity contribution in [3.05, 3.63) is 63.6 Å². The highest BCUT2D eigenvalue weighted by Crippen LogP contribution is 2.34. The van der Waals surface area contributed by atoms with Crippen LogP contribution in [0.15, 0.2) is 53.0 Å². The van der Waals surface area contributed by atoms with Gasteiger partial charge in [0.25, 0.3) is 0 Å². The summed E-state index contributed by atoms with van der Waals surface area (Å²) >= 11 is 15.0. The van der Waals surface area contributed by atoms with E-state index in [9.17, 15) is 0 Å². The van der Waals surface area contributed by atoms with E-state index in [0.29, 0.717) is 5.11 Å². The first kappa shape index (κ1) is 18.7. The van der Waals surface area contributed by atoms with Crippen LogP contribution in [0.25, 0.3) is 0 Å². The molecule has 2 nitrogen and oxygen atoms in total. The lowest BCUT2D eigenvalue weighted by molar-refractivity contribution is 0.362. The van der Waals surface area contributed by atoms with Crippen LogP contribution in [0.4, 0.5) is 5.69 Å². The molecule has 25 heavy (non-hydrogen) atoms. The van der Waals surface area contributed by atoms with E-state index in [1.165, 1.54) is 31.2 Å². The predicted octanol–water partition coefficient (Wildman–Crippen LogP) is 6.33. The number of nitrogens with one attached hydrogen (secondary N) is 2. The quantitative estimate of drug-likeness (QED) is 0.534. The smallest absolute Gasteiger partial charge is 0.171 e. The lowest BCUT2D eigenvalue weighted by Gasteiger charge is -2.32. The van der Waals surface area contributed by atoms with Gasteiger partial charge in [-0.3, -0.25) is 0 Å². The molecule has 1 fully saturated rings. The number of anilines is 1. The fourth-order valence-electron chi connectivity index (χ4n) is 3.46. The zero-order valence-corrected chi connectivity index (χ0v) is 17.2. The van der Waals surface area contributed by atoms with Gasteiger partial charge >= 0.3 is 0 Å². The van der Waals surface area contributed by atoms with Crippen LogP contribution in [0.5, 0.6) is 0 Å². The fourth-order valence-corrected chi connectivity index (χ4v) is 4.19. The highest BCUT2D eigenvalue weighted by molar-refractivity contribution is 9.10. The Hall–Kier alpha value is -1.10. The molecule has 2 aromatic carbocycles. The minimum atomic E-state index is 0.0963. The number of hydrogen-bond donors (Lipinski definition) is 2. The third kappa shape index (κ3) is 5.44. The van der Waals surface area contributed by atoms with Gasteiger partial charge in [-0.25, -0.2) is 0 Å². The summed E-state index contributed by atoms with van der Waals surface area (Å²) in [7, 11) is 0. The van der Waals surface area contributed by atoms with Crippen molar-refractivity contribution in [2.45, 2.75) is 44.1 Å². The summed E-state index contributed by atoms with van der Waals surface area (Å²) in [5.41, 5.74) is 2.43. The Labute approximate surface area is 168 Å². The highest BCUT2D eigenvalue weighted by Gasteiger charge is 2.33. The summed E-state index contributed by atoms with van der Waals surface area (Å²) in [6.07, 6.45) is 6.97. The summed E-state index contributed by atoms with van der Waals surface area (Å²) in [4.78, 5) is 0. The summed E-state index contributed by atoms with van der Waals surface area (Å²) in [6.45, 7) is 0. The Balaban J connectivity index is 1.60. The van der Waals surface area contributed by atoms with E-state index >= 15 is 0 Å². The number of rotatable bonds is 5. The molecule has 1 aliphatic carbocycles. The van der Waals surface area contributed by atoms with E-state index in [1.807, 2.05) is 36.4 Å². The molecule has 5 heteroatoms. The molecule has 0 spiro atoms. The van der Waals surface area contributed by atoms with E-state index in [4.69, 9.17) is 23.8 Å². The van der Waals surface area contributed by atoms with Crippen LogP contribution in [-0.2, 0) is 6.42 Å². The van der Waals surface area contributed by atoms with Crippen molar-refractivity contribution >= 4 is 50.5 Å². The van der Waals surface area contributed by atoms with Crippen LogP contribution in [0.3, 0.4) is 0 Å². The molecule has 0 aromatic heterocycles. The second-order valence-corrected chi connectivity index (χ2v) is 8.46. The summed E-state index contributed by atoms with van der Waals surface area (Å²) in [5, 5.41) is 8.43. The molecule has 0 radical (unpaired) electrons. The van der Waals surface area contributed by atoms with Crippen molar-refractivity contribution in [1.29, 1.82) is 0 Å². The number of benzene rings is 2. The zero-order chi connectivity index (χ0) is 17.7. The van der Waals surface area contributed by atoms with Crippen LogP contribution in [0, 0.1) is 0 Å². The Morgan fingerprint density at radius 2 is 1.68 bits per heavy atom. The third-order valence-electron chi connectivity index (χ3n) is 4.85. The van der Waals surface area contributed by atoms with Crippen LogP contribution in [-0.4, -0.2) is 10.7 Å². The number of aryl methyl sites for hydroxylation is 1. The van der Waals surface area contributed by atoms with Gasteiger partial charge in [0, 0.05) is 20.7 Å². The average Bonchev–Trinajstić information content (AvgIpc) is 3.05. The van der Waals surface area contributed by atoms with Gasteiger partial charge in [-0.1, -0.05) is 52.5 Å². The SMILES string of the molecule is S=C(Nc1ccc(Br)cc1)NC1(CCc2ccc(Cl)cc2)CCCC1. The van der Waals surface area contributed by atoms with Gasteiger partial charge in [0.15, 0.2) is 5.11 Å². The van der Waals surface area contributed by atoms with Crippen molar-refractivity contribution in [2.24, 2.45) is 0 Å². The van der Waals surface area contributed by atoms with Gasteiger partial charge in [-0.2, -0.15) is 0 Å². The molecule has 0 unspecified atom stereocenters.